The van der Waals surface area contributed by atoms with Gasteiger partial charge in [0, 0.05) is 23.6 Å². The molecule has 0 aromatic heterocycles. The standard InChI is InChI=1S/C21H19NO5/c1-13(23)15-8-9-19-17(10-15)18(21(25)22(19)14(2)24)12-27-11-16-6-4-5-7-20(16)26-3/h4-10,12H,11H2,1-3H3. The topological polar surface area (TPSA) is 72.9 Å². The number of anilines is 1. The van der Waals surface area contributed by atoms with Crippen LogP contribution in [0.2, 0.25) is 0 Å². The molecule has 0 atom stereocenters. The number of benzene rings is 2. The number of amides is 2. The van der Waals surface area contributed by atoms with Crippen LogP contribution in [0, 0.1) is 0 Å². The SMILES string of the molecule is COc1ccccc1COC=C1C(=O)N(C(C)=O)c2ccc(C(C)=O)cc21. The lowest BCUT2D eigenvalue weighted by molar-refractivity contribution is -0.122. The van der Waals surface area contributed by atoms with Gasteiger partial charge in [0.05, 0.1) is 24.6 Å². The number of rotatable bonds is 5. The molecule has 0 saturated heterocycles. The van der Waals surface area contributed by atoms with Crippen molar-refractivity contribution in [3.63, 3.8) is 0 Å². The molecule has 1 heterocycles. The number of carbonyl (C=O) groups excluding carboxylic acids is 3. The molecular weight excluding hydrogens is 346 g/mol. The van der Waals surface area contributed by atoms with Gasteiger partial charge in [0.1, 0.15) is 12.4 Å². The Morgan fingerprint density at radius 2 is 1.85 bits per heavy atom. The zero-order chi connectivity index (χ0) is 19.6. The van der Waals surface area contributed by atoms with E-state index in [4.69, 9.17) is 9.47 Å². The molecule has 0 bridgehead atoms. The van der Waals surface area contributed by atoms with Crippen LogP contribution in [0.1, 0.15) is 35.3 Å². The van der Waals surface area contributed by atoms with Crippen molar-refractivity contribution in [1.29, 1.82) is 0 Å². The smallest absolute Gasteiger partial charge is 0.268 e. The summed E-state index contributed by atoms with van der Waals surface area (Å²) in [6.07, 6.45) is 1.33. The van der Waals surface area contributed by atoms with Crippen LogP contribution < -0.4 is 9.64 Å². The lowest BCUT2D eigenvalue weighted by Crippen LogP contribution is -2.31. The number of ether oxygens (including phenoxy) is 2. The highest BCUT2D eigenvalue weighted by molar-refractivity contribution is 6.39. The lowest BCUT2D eigenvalue weighted by Gasteiger charge is -2.12. The van der Waals surface area contributed by atoms with Crippen LogP contribution in [0.4, 0.5) is 5.69 Å². The Hall–Kier alpha value is -3.41. The highest BCUT2D eigenvalue weighted by atomic mass is 16.5. The molecule has 0 fully saturated rings. The normalized spacial score (nSPS) is 14.3. The number of imide groups is 1. The Balaban J connectivity index is 1.94. The summed E-state index contributed by atoms with van der Waals surface area (Å²) < 4.78 is 10.9. The fraction of sp³-hybridized carbons (Fsp3) is 0.190. The van der Waals surface area contributed by atoms with Crippen molar-refractivity contribution in [3.8, 4) is 5.75 Å². The van der Waals surface area contributed by atoms with E-state index < -0.39 is 11.8 Å². The number of methoxy groups -OCH3 is 1. The number of carbonyl (C=O) groups is 3. The third-order valence-corrected chi connectivity index (χ3v) is 4.32. The van der Waals surface area contributed by atoms with E-state index in [0.29, 0.717) is 22.6 Å². The van der Waals surface area contributed by atoms with Crippen molar-refractivity contribution in [2.75, 3.05) is 12.0 Å². The van der Waals surface area contributed by atoms with Crippen molar-refractivity contribution in [3.05, 3.63) is 65.4 Å². The van der Waals surface area contributed by atoms with Gasteiger partial charge in [-0.1, -0.05) is 18.2 Å². The van der Waals surface area contributed by atoms with E-state index in [9.17, 15) is 14.4 Å². The number of fused-ring (bicyclic) bond motifs is 1. The van der Waals surface area contributed by atoms with Crippen molar-refractivity contribution in [2.24, 2.45) is 0 Å². The quantitative estimate of drug-likeness (QED) is 0.462. The second-order valence-corrected chi connectivity index (χ2v) is 6.10. The third kappa shape index (κ3) is 3.46. The molecule has 0 unspecified atom stereocenters. The lowest BCUT2D eigenvalue weighted by atomic mass is 10.0. The molecule has 6 nitrogen and oxygen atoms in total. The van der Waals surface area contributed by atoms with E-state index in [1.165, 1.54) is 20.1 Å². The summed E-state index contributed by atoms with van der Waals surface area (Å²) in [5.41, 5.74) is 2.47. The van der Waals surface area contributed by atoms with Crippen LogP contribution in [0.5, 0.6) is 5.75 Å². The molecule has 6 heteroatoms. The zero-order valence-electron chi connectivity index (χ0n) is 15.3. The average Bonchev–Trinajstić information content (AvgIpc) is 2.93. The predicted molar refractivity (Wildman–Crippen MR) is 100 cm³/mol. The molecule has 0 N–H and O–H groups in total. The van der Waals surface area contributed by atoms with Gasteiger partial charge >= 0.3 is 0 Å². The Morgan fingerprint density at radius 3 is 2.52 bits per heavy atom. The molecule has 0 radical (unpaired) electrons. The van der Waals surface area contributed by atoms with Crippen LogP contribution >= 0.6 is 0 Å². The molecule has 2 amide bonds. The van der Waals surface area contributed by atoms with Crippen LogP contribution in [0.25, 0.3) is 5.57 Å². The van der Waals surface area contributed by atoms with Gasteiger partial charge in [0.25, 0.3) is 5.91 Å². The molecule has 27 heavy (non-hydrogen) atoms. The summed E-state index contributed by atoms with van der Waals surface area (Å²) in [4.78, 5) is 37.4. The summed E-state index contributed by atoms with van der Waals surface area (Å²) in [6, 6.07) is 12.2. The molecule has 1 aliphatic rings. The molecule has 2 aromatic carbocycles. The second-order valence-electron chi connectivity index (χ2n) is 6.10. The van der Waals surface area contributed by atoms with Crippen molar-refractivity contribution in [1.82, 2.24) is 0 Å². The minimum absolute atomic E-state index is 0.124. The Kier molecular flexibility index (Phi) is 5.07. The Morgan fingerprint density at radius 1 is 1.11 bits per heavy atom. The summed E-state index contributed by atoms with van der Waals surface area (Å²) in [7, 11) is 1.57. The van der Waals surface area contributed by atoms with Gasteiger partial charge in [0.2, 0.25) is 5.91 Å². The van der Waals surface area contributed by atoms with Gasteiger partial charge in [-0.05, 0) is 31.2 Å². The molecule has 0 aliphatic carbocycles. The number of hydrogen-bond acceptors (Lipinski definition) is 5. The Labute approximate surface area is 157 Å². The molecule has 138 valence electrons. The summed E-state index contributed by atoms with van der Waals surface area (Å²) in [6.45, 7) is 2.96. The first-order valence-corrected chi connectivity index (χ1v) is 8.38. The van der Waals surface area contributed by atoms with Gasteiger partial charge in [-0.15, -0.1) is 0 Å². The highest BCUT2D eigenvalue weighted by Gasteiger charge is 2.35. The molecule has 3 rings (SSSR count). The van der Waals surface area contributed by atoms with E-state index >= 15 is 0 Å². The maximum absolute atomic E-state index is 12.7. The average molecular weight is 365 g/mol. The van der Waals surface area contributed by atoms with E-state index in [0.717, 1.165) is 10.5 Å². The largest absolute Gasteiger partial charge is 0.496 e. The monoisotopic (exact) mass is 365 g/mol. The number of hydrogen-bond donors (Lipinski definition) is 0. The van der Waals surface area contributed by atoms with Gasteiger partial charge in [-0.2, -0.15) is 0 Å². The molecule has 0 saturated carbocycles. The van der Waals surface area contributed by atoms with Gasteiger partial charge < -0.3 is 9.47 Å². The van der Waals surface area contributed by atoms with Crippen molar-refractivity contribution in [2.45, 2.75) is 20.5 Å². The fourth-order valence-electron chi connectivity index (χ4n) is 2.97. The third-order valence-electron chi connectivity index (χ3n) is 4.32. The van der Waals surface area contributed by atoms with Gasteiger partial charge in [-0.3, -0.25) is 14.4 Å². The van der Waals surface area contributed by atoms with E-state index in [-0.39, 0.29) is 18.0 Å². The van der Waals surface area contributed by atoms with Crippen molar-refractivity contribution < 1.29 is 23.9 Å². The summed E-state index contributed by atoms with van der Waals surface area (Å²) in [5, 5.41) is 0. The number of nitrogens with zero attached hydrogens (tertiary/aromatic N) is 1. The first-order chi connectivity index (χ1) is 12.9. The predicted octanol–water partition coefficient (Wildman–Crippen LogP) is 3.35. The van der Waals surface area contributed by atoms with Gasteiger partial charge in [-0.25, -0.2) is 4.90 Å². The number of Topliss-reactive ketones (excluding diaryl/α,β-unsaturated/α-hetero) is 1. The molecule has 1 aliphatic heterocycles. The van der Waals surface area contributed by atoms with Crippen LogP contribution in [0.3, 0.4) is 0 Å². The molecule has 2 aromatic rings. The van der Waals surface area contributed by atoms with Crippen molar-refractivity contribution >= 4 is 28.9 Å². The minimum Gasteiger partial charge on any atom is -0.496 e. The summed E-state index contributed by atoms with van der Waals surface area (Å²) >= 11 is 0. The zero-order valence-corrected chi connectivity index (χ0v) is 15.3. The highest BCUT2D eigenvalue weighted by Crippen LogP contribution is 2.37. The first kappa shape index (κ1) is 18.4. The second kappa shape index (κ2) is 7.45. The van der Waals surface area contributed by atoms with E-state index in [1.54, 1.807) is 25.3 Å². The maximum Gasteiger partial charge on any atom is 0.268 e. The summed E-state index contributed by atoms with van der Waals surface area (Å²) in [5.74, 6) is -0.317. The Bertz CT molecular complexity index is 961. The van der Waals surface area contributed by atoms with E-state index in [2.05, 4.69) is 0 Å². The number of para-hydroxylation sites is 1. The first-order valence-electron chi connectivity index (χ1n) is 8.38. The number of ketones is 1. The molecule has 0 spiro atoms. The molecular formula is C21H19NO5. The van der Waals surface area contributed by atoms with Crippen LogP contribution in [-0.4, -0.2) is 24.7 Å². The minimum atomic E-state index is -0.474. The maximum atomic E-state index is 12.7. The fourth-order valence-corrected chi connectivity index (χ4v) is 2.97. The van der Waals surface area contributed by atoms with Crippen LogP contribution in [-0.2, 0) is 20.9 Å². The van der Waals surface area contributed by atoms with Gasteiger partial charge in [0.15, 0.2) is 5.78 Å². The van der Waals surface area contributed by atoms with E-state index in [1.807, 2.05) is 24.3 Å². The van der Waals surface area contributed by atoms with Crippen LogP contribution in [0.15, 0.2) is 48.7 Å².